The maximum Gasteiger partial charge on any atom is 0.252 e. The van der Waals surface area contributed by atoms with Crippen molar-refractivity contribution >= 4 is 22.2 Å². The predicted molar refractivity (Wildman–Crippen MR) is 95.3 cm³/mol. The van der Waals surface area contributed by atoms with Crippen LogP contribution in [0.1, 0.15) is 16.0 Å². The molecule has 0 amide bonds. The smallest absolute Gasteiger partial charge is 0.252 e. The number of thiophene rings is 1. The third kappa shape index (κ3) is 3.46. The molecular formula is C18H20N2O2S. The number of rotatable bonds is 5. The summed E-state index contributed by atoms with van der Waals surface area (Å²) in [5, 5.41) is 3.12. The monoisotopic (exact) mass is 328 g/mol. The second kappa shape index (κ2) is 6.56. The van der Waals surface area contributed by atoms with Gasteiger partial charge in [0, 0.05) is 29.6 Å². The summed E-state index contributed by atoms with van der Waals surface area (Å²) in [6.45, 7) is 3.59. The first kappa shape index (κ1) is 15.8. The van der Waals surface area contributed by atoms with E-state index < -0.39 is 0 Å². The van der Waals surface area contributed by atoms with Gasteiger partial charge in [0.05, 0.1) is 12.6 Å². The lowest BCUT2D eigenvalue weighted by Crippen LogP contribution is -2.23. The molecule has 0 saturated heterocycles. The number of aromatic nitrogens is 1. The lowest BCUT2D eigenvalue weighted by Gasteiger charge is -2.16. The van der Waals surface area contributed by atoms with Crippen LogP contribution in [0.3, 0.4) is 0 Å². The molecule has 0 radical (unpaired) electrons. The molecule has 3 rings (SSSR count). The minimum Gasteiger partial charge on any atom is -0.497 e. The van der Waals surface area contributed by atoms with E-state index in [2.05, 4.69) is 28.3 Å². The van der Waals surface area contributed by atoms with Crippen molar-refractivity contribution in [2.75, 3.05) is 14.2 Å². The SMILES string of the molecule is COc1ccc2cc(CN(C)Cc3sccc3C)c(=O)[nH]c2c1. The summed E-state index contributed by atoms with van der Waals surface area (Å²) in [5.74, 6) is 0.742. The summed E-state index contributed by atoms with van der Waals surface area (Å²) >= 11 is 1.76. The molecule has 5 heteroatoms. The molecule has 4 nitrogen and oxygen atoms in total. The van der Waals surface area contributed by atoms with Crippen molar-refractivity contribution in [1.82, 2.24) is 9.88 Å². The van der Waals surface area contributed by atoms with E-state index in [0.29, 0.717) is 6.54 Å². The fourth-order valence-electron chi connectivity index (χ4n) is 2.63. The van der Waals surface area contributed by atoms with Gasteiger partial charge in [-0.25, -0.2) is 0 Å². The van der Waals surface area contributed by atoms with Crippen LogP contribution in [0.4, 0.5) is 0 Å². The number of benzene rings is 1. The molecule has 0 saturated carbocycles. The minimum absolute atomic E-state index is 0.0412. The average molecular weight is 328 g/mol. The summed E-state index contributed by atoms with van der Waals surface area (Å²) in [5.41, 5.74) is 2.84. The summed E-state index contributed by atoms with van der Waals surface area (Å²) < 4.78 is 5.20. The van der Waals surface area contributed by atoms with Gasteiger partial charge in [0.1, 0.15) is 5.75 Å². The lowest BCUT2D eigenvalue weighted by molar-refractivity contribution is 0.320. The molecular weight excluding hydrogens is 308 g/mol. The molecule has 23 heavy (non-hydrogen) atoms. The van der Waals surface area contributed by atoms with Crippen molar-refractivity contribution in [3.8, 4) is 5.75 Å². The van der Waals surface area contributed by atoms with Crippen LogP contribution in [-0.2, 0) is 13.1 Å². The number of aryl methyl sites for hydroxylation is 1. The van der Waals surface area contributed by atoms with Crippen LogP contribution in [0.25, 0.3) is 10.9 Å². The fourth-order valence-corrected chi connectivity index (χ4v) is 3.61. The van der Waals surface area contributed by atoms with E-state index in [4.69, 9.17) is 4.74 Å². The van der Waals surface area contributed by atoms with Crippen LogP contribution in [0, 0.1) is 6.92 Å². The maximum atomic E-state index is 12.3. The number of ether oxygens (including phenoxy) is 1. The number of nitrogens with zero attached hydrogens (tertiary/aromatic N) is 1. The molecule has 3 aromatic rings. The standard InChI is InChI=1S/C18H20N2O2S/c1-12-6-7-23-17(12)11-20(2)10-14-8-13-4-5-15(22-3)9-16(13)19-18(14)21/h4-9H,10-11H2,1-3H3,(H,19,21). The number of hydrogen-bond donors (Lipinski definition) is 1. The van der Waals surface area contributed by atoms with E-state index >= 15 is 0 Å². The van der Waals surface area contributed by atoms with E-state index in [1.165, 1.54) is 10.4 Å². The van der Waals surface area contributed by atoms with Crippen molar-refractivity contribution in [2.24, 2.45) is 0 Å². The Morgan fingerprint density at radius 1 is 1.22 bits per heavy atom. The third-order valence-corrected chi connectivity index (χ3v) is 4.96. The topological polar surface area (TPSA) is 45.3 Å². The van der Waals surface area contributed by atoms with Crippen LogP contribution in [0.15, 0.2) is 40.5 Å². The molecule has 2 aromatic heterocycles. The number of aromatic amines is 1. The van der Waals surface area contributed by atoms with Crippen molar-refractivity contribution in [2.45, 2.75) is 20.0 Å². The van der Waals surface area contributed by atoms with Crippen LogP contribution in [-0.4, -0.2) is 24.0 Å². The molecule has 0 atom stereocenters. The average Bonchev–Trinajstić information content (AvgIpc) is 2.92. The van der Waals surface area contributed by atoms with Gasteiger partial charge >= 0.3 is 0 Å². The first-order valence-corrected chi connectivity index (χ1v) is 8.36. The van der Waals surface area contributed by atoms with Gasteiger partial charge in [-0.1, -0.05) is 0 Å². The summed E-state index contributed by atoms with van der Waals surface area (Å²) in [7, 11) is 3.66. The summed E-state index contributed by atoms with van der Waals surface area (Å²) in [4.78, 5) is 18.8. The zero-order chi connectivity index (χ0) is 16.4. The second-order valence-corrected chi connectivity index (χ2v) is 6.78. The summed E-state index contributed by atoms with van der Waals surface area (Å²) in [6, 6.07) is 9.81. The predicted octanol–water partition coefficient (Wildman–Crippen LogP) is 3.54. The van der Waals surface area contributed by atoms with Crippen LogP contribution in [0.5, 0.6) is 5.75 Å². The van der Waals surface area contributed by atoms with Crippen LogP contribution >= 0.6 is 11.3 Å². The number of methoxy groups -OCH3 is 1. The summed E-state index contributed by atoms with van der Waals surface area (Å²) in [6.07, 6.45) is 0. The molecule has 0 aliphatic carbocycles. The highest BCUT2D eigenvalue weighted by atomic mass is 32.1. The zero-order valence-corrected chi connectivity index (χ0v) is 14.4. The normalized spacial score (nSPS) is 11.3. The Morgan fingerprint density at radius 3 is 2.74 bits per heavy atom. The van der Waals surface area contributed by atoms with E-state index in [1.54, 1.807) is 18.4 Å². The Labute approximate surface area is 139 Å². The second-order valence-electron chi connectivity index (χ2n) is 5.78. The van der Waals surface area contributed by atoms with Gasteiger partial charge in [-0.15, -0.1) is 11.3 Å². The van der Waals surface area contributed by atoms with E-state index in [0.717, 1.165) is 28.8 Å². The Bertz CT molecular complexity index is 882. The van der Waals surface area contributed by atoms with Gasteiger partial charge < -0.3 is 9.72 Å². The molecule has 2 heterocycles. The maximum absolute atomic E-state index is 12.3. The highest BCUT2D eigenvalue weighted by Gasteiger charge is 2.09. The first-order chi connectivity index (χ1) is 11.1. The number of hydrogen-bond acceptors (Lipinski definition) is 4. The fraction of sp³-hybridized carbons (Fsp3) is 0.278. The Morgan fingerprint density at radius 2 is 2.04 bits per heavy atom. The largest absolute Gasteiger partial charge is 0.497 e. The molecule has 120 valence electrons. The quantitative estimate of drug-likeness (QED) is 0.779. The van der Waals surface area contributed by atoms with Gasteiger partial charge in [0.15, 0.2) is 0 Å². The molecule has 1 N–H and O–H groups in total. The van der Waals surface area contributed by atoms with E-state index in [-0.39, 0.29) is 5.56 Å². The van der Waals surface area contributed by atoms with Gasteiger partial charge in [-0.05, 0) is 54.6 Å². The minimum atomic E-state index is -0.0412. The third-order valence-electron chi connectivity index (χ3n) is 3.95. The molecule has 0 bridgehead atoms. The number of H-pyrrole nitrogens is 1. The van der Waals surface area contributed by atoms with Crippen molar-refractivity contribution in [3.63, 3.8) is 0 Å². The van der Waals surface area contributed by atoms with E-state index in [9.17, 15) is 4.79 Å². The van der Waals surface area contributed by atoms with Gasteiger partial charge in [-0.2, -0.15) is 0 Å². The zero-order valence-electron chi connectivity index (χ0n) is 13.6. The highest BCUT2D eigenvalue weighted by molar-refractivity contribution is 7.10. The molecule has 0 aliphatic heterocycles. The molecule has 0 fully saturated rings. The van der Waals surface area contributed by atoms with Crippen molar-refractivity contribution in [3.05, 3.63) is 62.1 Å². The first-order valence-electron chi connectivity index (χ1n) is 7.48. The molecule has 0 spiro atoms. The van der Waals surface area contributed by atoms with Crippen LogP contribution < -0.4 is 10.3 Å². The highest BCUT2D eigenvalue weighted by Crippen LogP contribution is 2.20. The Balaban J connectivity index is 1.83. The van der Waals surface area contributed by atoms with Crippen LogP contribution in [0.2, 0.25) is 0 Å². The lowest BCUT2D eigenvalue weighted by atomic mass is 10.1. The van der Waals surface area contributed by atoms with Gasteiger partial charge in [-0.3, -0.25) is 9.69 Å². The van der Waals surface area contributed by atoms with Gasteiger partial charge in [0.25, 0.3) is 5.56 Å². The number of pyridine rings is 1. The van der Waals surface area contributed by atoms with E-state index in [1.807, 2.05) is 31.3 Å². The molecule has 1 aromatic carbocycles. The Kier molecular flexibility index (Phi) is 4.50. The Hall–Kier alpha value is -2.11. The molecule has 0 aliphatic rings. The number of fused-ring (bicyclic) bond motifs is 1. The number of nitrogens with one attached hydrogen (secondary N) is 1. The molecule has 0 unspecified atom stereocenters. The van der Waals surface area contributed by atoms with Crippen molar-refractivity contribution < 1.29 is 4.74 Å². The van der Waals surface area contributed by atoms with Crippen molar-refractivity contribution in [1.29, 1.82) is 0 Å². The van der Waals surface area contributed by atoms with Gasteiger partial charge in [0.2, 0.25) is 0 Å².